The molecule has 0 amide bonds. The molecule has 0 aliphatic heterocycles. The van der Waals surface area contributed by atoms with Crippen LogP contribution in [-0.4, -0.2) is 4.98 Å². The summed E-state index contributed by atoms with van der Waals surface area (Å²) in [5.41, 5.74) is 10.1. The van der Waals surface area contributed by atoms with Crippen LogP contribution >= 0.6 is 11.3 Å². The molecule has 0 saturated carbocycles. The zero-order valence-corrected chi connectivity index (χ0v) is 11.4. The molecule has 3 rings (SSSR count). The topological polar surface area (TPSA) is 62.7 Å². The van der Waals surface area contributed by atoms with E-state index in [2.05, 4.69) is 11.1 Å². The summed E-state index contributed by atoms with van der Waals surface area (Å²) < 4.78 is 0. The molecule has 0 fully saturated rings. The van der Waals surface area contributed by atoms with E-state index in [0.29, 0.717) is 5.56 Å². The van der Waals surface area contributed by atoms with Gasteiger partial charge in [-0.15, -0.1) is 11.3 Å². The fourth-order valence-electron chi connectivity index (χ4n) is 1.88. The summed E-state index contributed by atoms with van der Waals surface area (Å²) in [5, 5.41) is 11.8. The summed E-state index contributed by atoms with van der Waals surface area (Å²) in [6.45, 7) is 0. The predicted molar refractivity (Wildman–Crippen MR) is 82.1 cm³/mol. The highest BCUT2D eigenvalue weighted by molar-refractivity contribution is 7.13. The second-order valence-corrected chi connectivity index (χ2v) is 5.21. The van der Waals surface area contributed by atoms with E-state index in [1.165, 1.54) is 0 Å². The van der Waals surface area contributed by atoms with Crippen molar-refractivity contribution in [3.8, 4) is 27.9 Å². The normalized spacial score (nSPS) is 10.2. The first-order valence-electron chi connectivity index (χ1n) is 6.08. The number of nitrogen functional groups attached to an aromatic ring is 1. The SMILES string of the molecule is N#Cc1ccc(-c2csc(-c3ccc(N)cc3)n2)cc1. The molecule has 1 aromatic heterocycles. The van der Waals surface area contributed by atoms with Gasteiger partial charge in [0, 0.05) is 22.2 Å². The molecule has 3 nitrogen and oxygen atoms in total. The Kier molecular flexibility index (Phi) is 3.20. The van der Waals surface area contributed by atoms with Gasteiger partial charge in [-0.25, -0.2) is 4.98 Å². The number of hydrogen-bond donors (Lipinski definition) is 1. The summed E-state index contributed by atoms with van der Waals surface area (Å²) in [5.74, 6) is 0. The number of anilines is 1. The first kappa shape index (κ1) is 12.4. The average molecular weight is 277 g/mol. The Labute approximate surface area is 121 Å². The first-order chi connectivity index (χ1) is 9.76. The number of rotatable bonds is 2. The molecule has 0 unspecified atom stereocenters. The quantitative estimate of drug-likeness (QED) is 0.722. The van der Waals surface area contributed by atoms with Crippen LogP contribution in [0.1, 0.15) is 5.56 Å². The van der Waals surface area contributed by atoms with Gasteiger partial charge in [-0.05, 0) is 36.4 Å². The predicted octanol–water partition coefficient (Wildman–Crippen LogP) is 3.93. The highest BCUT2D eigenvalue weighted by atomic mass is 32.1. The van der Waals surface area contributed by atoms with Gasteiger partial charge in [0.15, 0.2) is 0 Å². The van der Waals surface area contributed by atoms with E-state index in [9.17, 15) is 0 Å². The van der Waals surface area contributed by atoms with Crippen molar-refractivity contribution in [3.05, 3.63) is 59.5 Å². The maximum absolute atomic E-state index is 8.80. The van der Waals surface area contributed by atoms with Gasteiger partial charge in [-0.2, -0.15) is 5.26 Å². The van der Waals surface area contributed by atoms with Gasteiger partial charge < -0.3 is 5.73 Å². The molecule has 4 heteroatoms. The summed E-state index contributed by atoms with van der Waals surface area (Å²) in [7, 11) is 0. The molecule has 2 N–H and O–H groups in total. The van der Waals surface area contributed by atoms with E-state index < -0.39 is 0 Å². The molecule has 0 aliphatic rings. The summed E-state index contributed by atoms with van der Waals surface area (Å²) in [4.78, 5) is 4.63. The van der Waals surface area contributed by atoms with Crippen molar-refractivity contribution >= 4 is 17.0 Å². The third-order valence-corrected chi connectivity index (χ3v) is 3.86. The monoisotopic (exact) mass is 277 g/mol. The zero-order valence-electron chi connectivity index (χ0n) is 10.6. The van der Waals surface area contributed by atoms with Gasteiger partial charge in [-0.3, -0.25) is 0 Å². The van der Waals surface area contributed by atoms with Crippen LogP contribution in [0.5, 0.6) is 0 Å². The minimum absolute atomic E-state index is 0.655. The fraction of sp³-hybridized carbons (Fsp3) is 0. The molecule has 3 aromatic rings. The molecule has 0 aliphatic carbocycles. The lowest BCUT2D eigenvalue weighted by atomic mass is 10.1. The Bertz CT molecular complexity index is 765. The maximum atomic E-state index is 8.80. The average Bonchev–Trinajstić information content (AvgIpc) is 2.98. The minimum Gasteiger partial charge on any atom is -0.399 e. The van der Waals surface area contributed by atoms with Crippen LogP contribution in [0.4, 0.5) is 5.69 Å². The van der Waals surface area contributed by atoms with Crippen LogP contribution in [-0.2, 0) is 0 Å². The van der Waals surface area contributed by atoms with Crippen LogP contribution in [0.2, 0.25) is 0 Å². The summed E-state index contributed by atoms with van der Waals surface area (Å²) in [6, 6.07) is 17.2. The van der Waals surface area contributed by atoms with Crippen molar-refractivity contribution in [1.82, 2.24) is 4.98 Å². The van der Waals surface area contributed by atoms with E-state index in [4.69, 9.17) is 11.0 Å². The Morgan fingerprint density at radius 2 is 1.60 bits per heavy atom. The van der Waals surface area contributed by atoms with Crippen molar-refractivity contribution in [1.29, 1.82) is 5.26 Å². The second-order valence-electron chi connectivity index (χ2n) is 4.35. The number of hydrogen-bond acceptors (Lipinski definition) is 4. The summed E-state index contributed by atoms with van der Waals surface area (Å²) >= 11 is 1.60. The third kappa shape index (κ3) is 2.40. The molecule has 0 bridgehead atoms. The van der Waals surface area contributed by atoms with Crippen LogP contribution in [0.3, 0.4) is 0 Å². The molecule has 0 radical (unpaired) electrons. The molecule has 2 aromatic carbocycles. The van der Waals surface area contributed by atoms with Gasteiger partial charge >= 0.3 is 0 Å². The zero-order chi connectivity index (χ0) is 13.9. The van der Waals surface area contributed by atoms with E-state index in [1.807, 2.05) is 41.8 Å². The Hall–Kier alpha value is -2.64. The number of nitrogens with two attached hydrogens (primary N) is 1. The largest absolute Gasteiger partial charge is 0.399 e. The van der Waals surface area contributed by atoms with Crippen molar-refractivity contribution in [2.75, 3.05) is 5.73 Å². The lowest BCUT2D eigenvalue weighted by Crippen LogP contribution is -1.84. The standard InChI is InChI=1S/C16H11N3S/c17-9-11-1-3-12(4-2-11)15-10-20-16(19-15)13-5-7-14(18)8-6-13/h1-8,10H,18H2. The molecule has 0 atom stereocenters. The van der Waals surface area contributed by atoms with Gasteiger partial charge in [0.2, 0.25) is 0 Å². The number of nitrogens with zero attached hydrogens (tertiary/aromatic N) is 2. The maximum Gasteiger partial charge on any atom is 0.124 e. The Morgan fingerprint density at radius 1 is 0.950 bits per heavy atom. The van der Waals surface area contributed by atoms with Crippen LogP contribution in [0.15, 0.2) is 53.9 Å². The van der Waals surface area contributed by atoms with Crippen molar-refractivity contribution in [2.24, 2.45) is 0 Å². The van der Waals surface area contributed by atoms with Crippen molar-refractivity contribution in [3.63, 3.8) is 0 Å². The number of nitriles is 1. The lowest BCUT2D eigenvalue weighted by molar-refractivity contribution is 1.40. The van der Waals surface area contributed by atoms with Crippen molar-refractivity contribution in [2.45, 2.75) is 0 Å². The molecular weight excluding hydrogens is 266 g/mol. The molecule has 1 heterocycles. The Morgan fingerprint density at radius 3 is 2.25 bits per heavy atom. The smallest absolute Gasteiger partial charge is 0.124 e. The van der Waals surface area contributed by atoms with Crippen LogP contribution in [0.25, 0.3) is 21.8 Å². The van der Waals surface area contributed by atoms with E-state index in [0.717, 1.165) is 27.5 Å². The number of aromatic nitrogens is 1. The van der Waals surface area contributed by atoms with Crippen LogP contribution in [0, 0.1) is 11.3 Å². The number of thiazole rings is 1. The van der Waals surface area contributed by atoms with Gasteiger partial charge in [0.05, 0.1) is 17.3 Å². The number of benzene rings is 2. The van der Waals surface area contributed by atoms with Crippen molar-refractivity contribution < 1.29 is 0 Å². The fourth-order valence-corrected chi connectivity index (χ4v) is 2.72. The second kappa shape index (κ2) is 5.16. The van der Waals surface area contributed by atoms with E-state index in [-0.39, 0.29) is 0 Å². The molecule has 0 saturated heterocycles. The molecular formula is C16H11N3S. The van der Waals surface area contributed by atoms with Gasteiger partial charge in [0.1, 0.15) is 5.01 Å². The molecule has 96 valence electrons. The highest BCUT2D eigenvalue weighted by Crippen LogP contribution is 2.29. The minimum atomic E-state index is 0.655. The van der Waals surface area contributed by atoms with Gasteiger partial charge in [-0.1, -0.05) is 12.1 Å². The first-order valence-corrected chi connectivity index (χ1v) is 6.96. The summed E-state index contributed by atoms with van der Waals surface area (Å²) in [6.07, 6.45) is 0. The lowest BCUT2D eigenvalue weighted by Gasteiger charge is -1.98. The molecule has 0 spiro atoms. The van der Waals surface area contributed by atoms with Gasteiger partial charge in [0.25, 0.3) is 0 Å². The highest BCUT2D eigenvalue weighted by Gasteiger charge is 2.06. The third-order valence-electron chi connectivity index (χ3n) is 2.97. The van der Waals surface area contributed by atoms with E-state index in [1.54, 1.807) is 23.5 Å². The van der Waals surface area contributed by atoms with Crippen LogP contribution < -0.4 is 5.73 Å². The molecule has 20 heavy (non-hydrogen) atoms. The van der Waals surface area contributed by atoms with E-state index >= 15 is 0 Å². The Balaban J connectivity index is 1.93.